The van der Waals surface area contributed by atoms with E-state index < -0.39 is 16.9 Å². The predicted octanol–water partition coefficient (Wildman–Crippen LogP) is 2.27. The number of hydrogen-bond donors (Lipinski definition) is 4. The molecule has 4 N–H and O–H groups in total. The van der Waals surface area contributed by atoms with E-state index in [4.69, 9.17) is 10.1 Å². The van der Waals surface area contributed by atoms with Gasteiger partial charge in [-0.3, -0.25) is 9.36 Å². The number of nitrogens with one attached hydrogen (secondary N) is 4. The van der Waals surface area contributed by atoms with E-state index in [2.05, 4.69) is 36.8 Å². The number of aromatic amines is 1. The van der Waals surface area contributed by atoms with Crippen molar-refractivity contribution in [2.75, 3.05) is 19.0 Å². The maximum Gasteiger partial charge on any atom is 0.355 e. The first-order chi connectivity index (χ1) is 20.1. The standard InChI is InChI=1S/C29H33FN7O4P/c1-4-5-8-32-14-20-12-22(23(41-3)13-21(20)31)34-27-35-28(39)37(16-19-7-6-9-33-26(19)38)29(40)36(27)15-18-10-17(2)25(30)24(42)11-18/h6-7,9-14,31-32H,4-5,8,15-16,42H2,1-3H3,(H,33,38)(H,34,35,39)/b20-14-,31-21?. The molecular formula is C29H33FN7O4P. The molecular weight excluding hydrogens is 560 g/mol. The highest BCUT2D eigenvalue weighted by molar-refractivity contribution is 7.27. The Kier molecular flexibility index (Phi) is 9.69. The van der Waals surface area contributed by atoms with Gasteiger partial charge in [-0.1, -0.05) is 25.5 Å². The Balaban J connectivity index is 1.82. The fraction of sp³-hybridized carbons (Fsp3) is 0.276. The summed E-state index contributed by atoms with van der Waals surface area (Å²) >= 11 is 0. The summed E-state index contributed by atoms with van der Waals surface area (Å²) in [5.41, 5.74) is 0.306. The van der Waals surface area contributed by atoms with Crippen molar-refractivity contribution in [3.05, 3.63) is 120 Å². The summed E-state index contributed by atoms with van der Waals surface area (Å²) in [5.74, 6) is -0.162. The molecule has 2 heterocycles. The second-order valence-corrected chi connectivity index (χ2v) is 10.4. The van der Waals surface area contributed by atoms with Gasteiger partial charge in [0.25, 0.3) is 5.56 Å². The van der Waals surface area contributed by atoms with E-state index in [0.29, 0.717) is 33.5 Å². The second kappa shape index (κ2) is 13.4. The quantitative estimate of drug-likeness (QED) is 0.197. The van der Waals surface area contributed by atoms with Crippen LogP contribution in [-0.2, 0) is 17.8 Å². The summed E-state index contributed by atoms with van der Waals surface area (Å²) in [7, 11) is 3.78. The van der Waals surface area contributed by atoms with E-state index in [-0.39, 0.29) is 36.1 Å². The van der Waals surface area contributed by atoms with Gasteiger partial charge in [0.2, 0.25) is 5.95 Å². The number of hydrogen-bond acceptors (Lipinski definition) is 8. The Bertz CT molecular complexity index is 1760. The molecule has 3 aromatic rings. The number of rotatable bonds is 11. The van der Waals surface area contributed by atoms with E-state index >= 15 is 0 Å². The number of methoxy groups -OCH3 is 1. The van der Waals surface area contributed by atoms with E-state index in [0.717, 1.165) is 24.0 Å². The number of anilines is 1. The highest BCUT2D eigenvalue weighted by Gasteiger charge is 2.21. The number of aromatic nitrogens is 4. The molecule has 42 heavy (non-hydrogen) atoms. The van der Waals surface area contributed by atoms with Gasteiger partial charge in [-0.05, 0) is 42.7 Å². The van der Waals surface area contributed by atoms with Crippen molar-refractivity contribution in [3.63, 3.8) is 0 Å². The Morgan fingerprint density at radius 1 is 1.19 bits per heavy atom. The van der Waals surface area contributed by atoms with Crippen molar-refractivity contribution < 1.29 is 9.13 Å². The molecule has 0 spiro atoms. The van der Waals surface area contributed by atoms with Crippen molar-refractivity contribution >= 4 is 26.2 Å². The molecule has 1 aliphatic carbocycles. The monoisotopic (exact) mass is 593 g/mol. The maximum atomic E-state index is 14.3. The number of nitrogens with zero attached hydrogens (tertiary/aromatic N) is 3. The van der Waals surface area contributed by atoms with Gasteiger partial charge in [0.15, 0.2) is 0 Å². The van der Waals surface area contributed by atoms with Crippen LogP contribution in [0, 0.1) is 18.2 Å². The third-order valence-electron chi connectivity index (χ3n) is 6.61. The average Bonchev–Trinajstić information content (AvgIpc) is 2.96. The smallest absolute Gasteiger partial charge is 0.355 e. The fourth-order valence-corrected chi connectivity index (χ4v) is 4.81. The summed E-state index contributed by atoms with van der Waals surface area (Å²) in [6, 6.07) is 6.32. The molecule has 0 aliphatic heterocycles. The molecule has 0 amide bonds. The third kappa shape index (κ3) is 6.83. The number of allylic oxidation sites excluding steroid dienone is 3. The summed E-state index contributed by atoms with van der Waals surface area (Å²) < 4.78 is 21.9. The third-order valence-corrected chi connectivity index (χ3v) is 7.03. The number of unbranched alkanes of at least 4 members (excludes halogenated alkanes) is 1. The fourth-order valence-electron chi connectivity index (χ4n) is 4.37. The first-order valence-electron chi connectivity index (χ1n) is 13.3. The second-order valence-electron chi connectivity index (χ2n) is 9.73. The molecule has 0 radical (unpaired) electrons. The van der Waals surface area contributed by atoms with Crippen molar-refractivity contribution in [1.82, 2.24) is 24.4 Å². The van der Waals surface area contributed by atoms with Crippen LogP contribution in [0.4, 0.5) is 10.3 Å². The SMILES string of the molecule is CCCCN/C=C1/C=C(Nc2nc(=O)n(Cc3ccc[nH]c3=O)c(=O)n2Cc2cc(C)c(F)c(P)c2)C(OC)=CC1=N. The summed E-state index contributed by atoms with van der Waals surface area (Å²) in [6.45, 7) is 4.09. The predicted molar refractivity (Wildman–Crippen MR) is 164 cm³/mol. The zero-order valence-electron chi connectivity index (χ0n) is 23.6. The Morgan fingerprint density at radius 2 is 1.98 bits per heavy atom. The van der Waals surface area contributed by atoms with Crippen LogP contribution in [-0.4, -0.2) is 38.5 Å². The van der Waals surface area contributed by atoms with Gasteiger partial charge in [-0.15, -0.1) is 9.24 Å². The van der Waals surface area contributed by atoms with Crippen LogP contribution >= 0.6 is 9.24 Å². The topological polar surface area (TPSA) is 147 Å². The molecule has 1 unspecified atom stereocenters. The molecule has 1 aromatic carbocycles. The minimum Gasteiger partial charge on any atom is -0.494 e. The van der Waals surface area contributed by atoms with Crippen LogP contribution in [0.2, 0.25) is 0 Å². The van der Waals surface area contributed by atoms with Crippen molar-refractivity contribution in [3.8, 4) is 0 Å². The molecule has 220 valence electrons. The van der Waals surface area contributed by atoms with Crippen LogP contribution in [0.5, 0.6) is 0 Å². The van der Waals surface area contributed by atoms with Crippen LogP contribution in [0.15, 0.2) is 80.2 Å². The molecule has 4 rings (SSSR count). The molecule has 1 aliphatic rings. The molecule has 0 saturated carbocycles. The first-order valence-corrected chi connectivity index (χ1v) is 13.9. The maximum absolute atomic E-state index is 14.3. The highest BCUT2D eigenvalue weighted by atomic mass is 31.0. The van der Waals surface area contributed by atoms with Gasteiger partial charge in [0.1, 0.15) is 11.6 Å². The average molecular weight is 594 g/mol. The molecule has 0 bridgehead atoms. The molecule has 2 aromatic heterocycles. The number of aryl methyl sites for hydroxylation is 1. The molecule has 13 heteroatoms. The Labute approximate surface area is 243 Å². The van der Waals surface area contributed by atoms with Gasteiger partial charge >= 0.3 is 11.4 Å². The van der Waals surface area contributed by atoms with Crippen molar-refractivity contribution in [1.29, 1.82) is 5.41 Å². The zero-order valence-corrected chi connectivity index (χ0v) is 24.7. The minimum absolute atomic E-state index is 0.0570. The van der Waals surface area contributed by atoms with Gasteiger partial charge in [-0.25, -0.2) is 18.5 Å². The van der Waals surface area contributed by atoms with Crippen molar-refractivity contribution in [2.24, 2.45) is 0 Å². The number of ether oxygens (including phenoxy) is 1. The Morgan fingerprint density at radius 3 is 2.67 bits per heavy atom. The Hall–Kier alpha value is -4.57. The van der Waals surface area contributed by atoms with Gasteiger partial charge < -0.3 is 25.8 Å². The number of pyridine rings is 1. The number of halogens is 1. The summed E-state index contributed by atoms with van der Waals surface area (Å²) in [5, 5.41) is 14.9. The first kappa shape index (κ1) is 30.4. The lowest BCUT2D eigenvalue weighted by Gasteiger charge is -2.21. The van der Waals surface area contributed by atoms with E-state index in [1.807, 2.05) is 0 Å². The summed E-state index contributed by atoms with van der Waals surface area (Å²) in [4.78, 5) is 46.0. The van der Waals surface area contributed by atoms with Gasteiger partial charge in [0, 0.05) is 41.5 Å². The van der Waals surface area contributed by atoms with Crippen LogP contribution in [0.25, 0.3) is 0 Å². The van der Waals surface area contributed by atoms with E-state index in [1.165, 1.54) is 30.0 Å². The van der Waals surface area contributed by atoms with Crippen LogP contribution < -0.4 is 32.9 Å². The minimum atomic E-state index is -0.867. The molecule has 1 atom stereocenters. The van der Waals surface area contributed by atoms with Crippen LogP contribution in [0.1, 0.15) is 36.5 Å². The normalized spacial score (nSPS) is 14.0. The molecule has 0 saturated heterocycles. The van der Waals surface area contributed by atoms with Crippen molar-refractivity contribution in [2.45, 2.75) is 39.8 Å². The highest BCUT2D eigenvalue weighted by Crippen LogP contribution is 2.22. The lowest BCUT2D eigenvalue weighted by molar-refractivity contribution is 0.301. The lowest BCUT2D eigenvalue weighted by Crippen LogP contribution is -2.44. The number of benzene rings is 1. The largest absolute Gasteiger partial charge is 0.494 e. The molecule has 0 fully saturated rings. The molecule has 11 nitrogen and oxygen atoms in total. The zero-order chi connectivity index (χ0) is 30.4. The van der Waals surface area contributed by atoms with E-state index in [1.54, 1.807) is 37.4 Å². The van der Waals surface area contributed by atoms with E-state index in [9.17, 15) is 18.8 Å². The lowest BCUT2D eigenvalue weighted by atomic mass is 10.0. The van der Waals surface area contributed by atoms with Gasteiger partial charge in [0.05, 0.1) is 31.6 Å². The van der Waals surface area contributed by atoms with Crippen LogP contribution in [0.3, 0.4) is 0 Å². The van der Waals surface area contributed by atoms with Gasteiger partial charge in [-0.2, -0.15) is 4.98 Å². The number of H-pyrrole nitrogens is 1. The summed E-state index contributed by atoms with van der Waals surface area (Å²) in [6.07, 6.45) is 8.34.